The SMILES string of the molecule is Cn1ccc(CC(=O)C2(c3ccccc3)CCCC2)n1. The first-order chi connectivity index (χ1) is 9.71. The van der Waals surface area contributed by atoms with Gasteiger partial charge in [0.2, 0.25) is 0 Å². The molecular weight excluding hydrogens is 248 g/mol. The van der Waals surface area contributed by atoms with Crippen molar-refractivity contribution in [2.45, 2.75) is 37.5 Å². The lowest BCUT2D eigenvalue weighted by Gasteiger charge is -2.27. The van der Waals surface area contributed by atoms with Gasteiger partial charge in [-0.15, -0.1) is 0 Å². The Morgan fingerprint density at radius 3 is 2.50 bits per heavy atom. The zero-order valence-electron chi connectivity index (χ0n) is 11.9. The molecule has 1 aromatic carbocycles. The van der Waals surface area contributed by atoms with E-state index < -0.39 is 0 Å². The van der Waals surface area contributed by atoms with Crippen LogP contribution in [-0.2, 0) is 23.7 Å². The maximum absolute atomic E-state index is 12.9. The molecule has 1 aliphatic carbocycles. The number of hydrogen-bond donors (Lipinski definition) is 0. The molecule has 0 saturated heterocycles. The summed E-state index contributed by atoms with van der Waals surface area (Å²) in [5.41, 5.74) is 1.77. The first-order valence-electron chi connectivity index (χ1n) is 7.28. The van der Waals surface area contributed by atoms with Gasteiger partial charge in [-0.2, -0.15) is 5.10 Å². The van der Waals surface area contributed by atoms with Crippen LogP contribution in [0.1, 0.15) is 36.9 Å². The highest BCUT2D eigenvalue weighted by Gasteiger charge is 2.42. The van der Waals surface area contributed by atoms with Crippen LogP contribution < -0.4 is 0 Å². The molecule has 0 N–H and O–H groups in total. The van der Waals surface area contributed by atoms with Gasteiger partial charge in [-0.3, -0.25) is 9.48 Å². The Morgan fingerprint density at radius 1 is 1.20 bits per heavy atom. The van der Waals surface area contributed by atoms with Crippen molar-refractivity contribution in [1.82, 2.24) is 9.78 Å². The number of aryl methyl sites for hydroxylation is 1. The Hall–Kier alpha value is -1.90. The molecule has 0 aliphatic heterocycles. The minimum absolute atomic E-state index is 0.279. The molecule has 1 aliphatic rings. The van der Waals surface area contributed by atoms with E-state index in [0.717, 1.165) is 31.4 Å². The van der Waals surface area contributed by atoms with Crippen molar-refractivity contribution in [2.75, 3.05) is 0 Å². The third kappa shape index (κ3) is 2.28. The maximum Gasteiger partial charge on any atom is 0.149 e. The average Bonchev–Trinajstić information content (AvgIpc) is 3.10. The average molecular weight is 268 g/mol. The summed E-state index contributed by atoms with van der Waals surface area (Å²) in [5.74, 6) is 0.319. The summed E-state index contributed by atoms with van der Waals surface area (Å²) in [6, 6.07) is 12.2. The third-order valence-electron chi connectivity index (χ3n) is 4.43. The van der Waals surface area contributed by atoms with Gasteiger partial charge in [-0.1, -0.05) is 43.2 Å². The van der Waals surface area contributed by atoms with Gasteiger partial charge in [0.1, 0.15) is 5.78 Å². The summed E-state index contributed by atoms with van der Waals surface area (Å²) >= 11 is 0. The molecule has 0 unspecified atom stereocenters. The number of ketones is 1. The fourth-order valence-corrected chi connectivity index (χ4v) is 3.36. The van der Waals surface area contributed by atoms with Crippen molar-refractivity contribution >= 4 is 5.78 Å². The predicted molar refractivity (Wildman–Crippen MR) is 78.5 cm³/mol. The summed E-state index contributed by atoms with van der Waals surface area (Å²) in [6.07, 6.45) is 6.57. The molecule has 3 nitrogen and oxygen atoms in total. The third-order valence-corrected chi connectivity index (χ3v) is 4.43. The Morgan fingerprint density at radius 2 is 1.90 bits per heavy atom. The molecule has 1 saturated carbocycles. The van der Waals surface area contributed by atoms with E-state index in [1.807, 2.05) is 37.5 Å². The van der Waals surface area contributed by atoms with Gasteiger partial charge in [0.25, 0.3) is 0 Å². The zero-order chi connectivity index (χ0) is 14.0. The topological polar surface area (TPSA) is 34.9 Å². The van der Waals surface area contributed by atoms with Crippen molar-refractivity contribution in [3.05, 3.63) is 53.9 Å². The molecule has 2 aromatic rings. The molecule has 3 heteroatoms. The number of rotatable bonds is 4. The van der Waals surface area contributed by atoms with Crippen molar-refractivity contribution in [2.24, 2.45) is 7.05 Å². The standard InChI is InChI=1S/C17H20N2O/c1-19-12-9-15(18-19)13-16(20)17(10-5-6-11-17)14-7-3-2-4-8-14/h2-4,7-9,12H,5-6,10-11,13H2,1H3. The minimum atomic E-state index is -0.279. The highest BCUT2D eigenvalue weighted by Crippen LogP contribution is 2.42. The molecule has 1 aromatic heterocycles. The molecule has 3 rings (SSSR count). The molecule has 0 spiro atoms. The predicted octanol–water partition coefficient (Wildman–Crippen LogP) is 3.04. The normalized spacial score (nSPS) is 17.2. The highest BCUT2D eigenvalue weighted by molar-refractivity contribution is 5.91. The van der Waals surface area contributed by atoms with Gasteiger partial charge in [0.05, 0.1) is 17.5 Å². The Bertz CT molecular complexity index is 594. The van der Waals surface area contributed by atoms with Crippen LogP contribution in [-0.4, -0.2) is 15.6 Å². The number of hydrogen-bond acceptors (Lipinski definition) is 2. The summed E-state index contributed by atoms with van der Waals surface area (Å²) < 4.78 is 1.76. The van der Waals surface area contributed by atoms with Crippen molar-refractivity contribution < 1.29 is 4.79 Å². The van der Waals surface area contributed by atoms with Gasteiger partial charge >= 0.3 is 0 Å². The van der Waals surface area contributed by atoms with Gasteiger partial charge < -0.3 is 0 Å². The number of nitrogens with zero attached hydrogens (tertiary/aromatic N) is 2. The van der Waals surface area contributed by atoms with Gasteiger partial charge in [-0.05, 0) is 24.5 Å². The lowest BCUT2D eigenvalue weighted by atomic mass is 9.74. The van der Waals surface area contributed by atoms with E-state index in [9.17, 15) is 4.79 Å². The van der Waals surface area contributed by atoms with E-state index in [-0.39, 0.29) is 5.41 Å². The second kappa shape index (κ2) is 5.23. The van der Waals surface area contributed by atoms with E-state index in [0.29, 0.717) is 12.2 Å². The molecule has 0 atom stereocenters. The Labute approximate surface area is 119 Å². The fraction of sp³-hybridized carbons (Fsp3) is 0.412. The van der Waals surface area contributed by atoms with E-state index in [2.05, 4.69) is 17.2 Å². The van der Waals surface area contributed by atoms with Gasteiger partial charge in [0.15, 0.2) is 0 Å². The molecule has 0 radical (unpaired) electrons. The lowest BCUT2D eigenvalue weighted by Crippen LogP contribution is -2.34. The molecule has 20 heavy (non-hydrogen) atoms. The van der Waals surface area contributed by atoms with Crippen molar-refractivity contribution in [3.8, 4) is 0 Å². The van der Waals surface area contributed by atoms with Crippen LogP contribution in [0.3, 0.4) is 0 Å². The fourth-order valence-electron chi connectivity index (χ4n) is 3.36. The van der Waals surface area contributed by atoms with Crippen LogP contribution >= 0.6 is 0 Å². The summed E-state index contributed by atoms with van der Waals surface area (Å²) in [5, 5.41) is 4.34. The van der Waals surface area contributed by atoms with E-state index >= 15 is 0 Å². The first-order valence-corrected chi connectivity index (χ1v) is 7.28. The van der Waals surface area contributed by atoms with E-state index in [1.54, 1.807) is 4.68 Å². The zero-order valence-corrected chi connectivity index (χ0v) is 11.9. The number of carbonyl (C=O) groups excluding carboxylic acids is 1. The number of benzene rings is 1. The van der Waals surface area contributed by atoms with Crippen LogP contribution in [0.5, 0.6) is 0 Å². The van der Waals surface area contributed by atoms with Crippen LogP contribution in [0, 0.1) is 0 Å². The van der Waals surface area contributed by atoms with Crippen molar-refractivity contribution in [1.29, 1.82) is 0 Å². The van der Waals surface area contributed by atoms with Crippen LogP contribution in [0.25, 0.3) is 0 Å². The smallest absolute Gasteiger partial charge is 0.149 e. The van der Waals surface area contributed by atoms with E-state index in [1.165, 1.54) is 5.56 Å². The summed E-state index contributed by atoms with van der Waals surface area (Å²) in [7, 11) is 1.89. The Kier molecular flexibility index (Phi) is 3.43. The monoisotopic (exact) mass is 268 g/mol. The number of aromatic nitrogens is 2. The summed E-state index contributed by atoms with van der Waals surface area (Å²) in [6.45, 7) is 0. The maximum atomic E-state index is 12.9. The van der Waals surface area contributed by atoms with Gasteiger partial charge in [0, 0.05) is 13.2 Å². The Balaban J connectivity index is 1.89. The largest absolute Gasteiger partial charge is 0.298 e. The van der Waals surface area contributed by atoms with Gasteiger partial charge in [-0.25, -0.2) is 0 Å². The van der Waals surface area contributed by atoms with Crippen LogP contribution in [0.15, 0.2) is 42.6 Å². The van der Waals surface area contributed by atoms with E-state index in [4.69, 9.17) is 0 Å². The molecule has 0 bridgehead atoms. The van der Waals surface area contributed by atoms with Crippen LogP contribution in [0.2, 0.25) is 0 Å². The number of carbonyl (C=O) groups is 1. The van der Waals surface area contributed by atoms with Crippen LogP contribution in [0.4, 0.5) is 0 Å². The number of Topliss-reactive ketones (excluding diaryl/α,β-unsaturated/α-hetero) is 1. The first kappa shape index (κ1) is 13.1. The molecule has 1 fully saturated rings. The second-order valence-electron chi connectivity index (χ2n) is 5.74. The van der Waals surface area contributed by atoms with Crippen molar-refractivity contribution in [3.63, 3.8) is 0 Å². The molecular formula is C17H20N2O. The molecule has 1 heterocycles. The second-order valence-corrected chi connectivity index (χ2v) is 5.74. The quantitative estimate of drug-likeness (QED) is 0.854. The molecule has 104 valence electrons. The minimum Gasteiger partial charge on any atom is -0.298 e. The lowest BCUT2D eigenvalue weighted by molar-refractivity contribution is -0.123. The molecule has 0 amide bonds. The highest BCUT2D eigenvalue weighted by atomic mass is 16.1. The summed E-state index contributed by atoms with van der Waals surface area (Å²) in [4.78, 5) is 12.9.